The van der Waals surface area contributed by atoms with Gasteiger partial charge >= 0.3 is 11.8 Å². The fourth-order valence-electron chi connectivity index (χ4n) is 4.93. The number of aromatic nitrogens is 1. The number of nitrogens with zero attached hydrogens (tertiary/aromatic N) is 2. The van der Waals surface area contributed by atoms with Crippen LogP contribution in [0.25, 0.3) is 10.9 Å². The van der Waals surface area contributed by atoms with E-state index in [0.717, 1.165) is 24.0 Å². The summed E-state index contributed by atoms with van der Waals surface area (Å²) in [6.45, 7) is 0. The van der Waals surface area contributed by atoms with Crippen LogP contribution < -0.4 is 24.8 Å². The first-order valence-corrected chi connectivity index (χ1v) is 12.1. The molecule has 0 aliphatic heterocycles. The summed E-state index contributed by atoms with van der Waals surface area (Å²) in [7, 11) is 3.04. The van der Waals surface area contributed by atoms with Crippen LogP contribution in [0.1, 0.15) is 30.0 Å². The maximum absolute atomic E-state index is 15.4. The van der Waals surface area contributed by atoms with Crippen molar-refractivity contribution in [1.82, 2.24) is 4.98 Å². The topological polar surface area (TPSA) is 104 Å². The SMILES string of the molecule is COc1cc2nccc(Oc3ccc(N(C(=O)C(N)=O)C4CCCc5ccccc54)cc3F)c2cc1OC. The van der Waals surface area contributed by atoms with E-state index in [1.54, 1.807) is 30.5 Å². The summed E-state index contributed by atoms with van der Waals surface area (Å²) in [5.74, 6) is -1.45. The normalized spacial score (nSPS) is 14.4. The smallest absolute Gasteiger partial charge is 0.316 e. The molecule has 38 heavy (non-hydrogen) atoms. The van der Waals surface area contributed by atoms with Gasteiger partial charge in [0.1, 0.15) is 5.75 Å². The second-order valence-electron chi connectivity index (χ2n) is 8.90. The molecule has 0 bridgehead atoms. The van der Waals surface area contributed by atoms with Crippen LogP contribution in [0.4, 0.5) is 10.1 Å². The fraction of sp³-hybridized carbons (Fsp3) is 0.207. The molecule has 0 saturated heterocycles. The van der Waals surface area contributed by atoms with Gasteiger partial charge in [0.15, 0.2) is 23.1 Å². The minimum absolute atomic E-state index is 0.0634. The lowest BCUT2D eigenvalue weighted by Crippen LogP contribution is -2.43. The number of hydrogen-bond donors (Lipinski definition) is 1. The number of fused-ring (bicyclic) bond motifs is 2. The quantitative estimate of drug-likeness (QED) is 0.359. The highest BCUT2D eigenvalue weighted by Gasteiger charge is 2.33. The van der Waals surface area contributed by atoms with E-state index in [0.29, 0.717) is 34.6 Å². The van der Waals surface area contributed by atoms with Crippen LogP contribution in [0.5, 0.6) is 23.0 Å². The molecule has 8 nitrogen and oxygen atoms in total. The van der Waals surface area contributed by atoms with Gasteiger partial charge in [-0.2, -0.15) is 0 Å². The highest BCUT2D eigenvalue weighted by Crippen LogP contribution is 2.40. The predicted molar refractivity (Wildman–Crippen MR) is 140 cm³/mol. The predicted octanol–water partition coefficient (Wildman–Crippen LogP) is 5.08. The number of nitrogens with two attached hydrogens (primary N) is 1. The van der Waals surface area contributed by atoms with Gasteiger partial charge in [-0.15, -0.1) is 0 Å². The van der Waals surface area contributed by atoms with Crippen LogP contribution in [-0.2, 0) is 16.0 Å². The Labute approximate surface area is 218 Å². The van der Waals surface area contributed by atoms with E-state index in [1.165, 1.54) is 31.3 Å². The van der Waals surface area contributed by atoms with Gasteiger partial charge in [-0.3, -0.25) is 19.5 Å². The minimum Gasteiger partial charge on any atom is -0.493 e. The highest BCUT2D eigenvalue weighted by molar-refractivity contribution is 6.40. The molecule has 5 rings (SSSR count). The van der Waals surface area contributed by atoms with Gasteiger partial charge in [0.05, 0.1) is 25.8 Å². The van der Waals surface area contributed by atoms with Gasteiger partial charge in [0.2, 0.25) is 0 Å². The van der Waals surface area contributed by atoms with Gasteiger partial charge in [0, 0.05) is 29.4 Å². The standard InChI is InChI=1S/C29H26FN3O5/c1-36-26-15-20-22(16-27(26)37-2)32-13-12-24(20)38-25-11-10-18(14-21(25)30)33(29(35)28(31)34)23-9-5-7-17-6-3-4-8-19(17)23/h3-4,6,8,10-16,23H,5,7,9H2,1-2H3,(H2,31,34). The van der Waals surface area contributed by atoms with Crippen LogP contribution in [0.3, 0.4) is 0 Å². The van der Waals surface area contributed by atoms with Crippen molar-refractivity contribution in [2.75, 3.05) is 19.1 Å². The van der Waals surface area contributed by atoms with E-state index >= 15 is 4.39 Å². The fourth-order valence-corrected chi connectivity index (χ4v) is 4.93. The minimum atomic E-state index is -1.11. The van der Waals surface area contributed by atoms with Gasteiger partial charge in [-0.1, -0.05) is 24.3 Å². The maximum Gasteiger partial charge on any atom is 0.316 e. The molecule has 1 aliphatic carbocycles. The summed E-state index contributed by atoms with van der Waals surface area (Å²) in [4.78, 5) is 30.6. The number of benzene rings is 3. The Bertz CT molecular complexity index is 1540. The molecule has 1 heterocycles. The summed E-state index contributed by atoms with van der Waals surface area (Å²) in [6.07, 6.45) is 3.84. The zero-order chi connectivity index (χ0) is 26.8. The Morgan fingerprint density at radius 1 is 0.974 bits per heavy atom. The number of pyridine rings is 1. The highest BCUT2D eigenvalue weighted by atomic mass is 19.1. The first-order chi connectivity index (χ1) is 18.4. The first-order valence-electron chi connectivity index (χ1n) is 12.1. The number of carbonyl (C=O) groups is 2. The molecule has 4 aromatic rings. The summed E-state index contributed by atoms with van der Waals surface area (Å²) in [5, 5.41) is 0.595. The average Bonchev–Trinajstić information content (AvgIpc) is 2.94. The Balaban J connectivity index is 1.52. The molecule has 1 aliphatic rings. The molecule has 0 spiro atoms. The summed E-state index contributed by atoms with van der Waals surface area (Å²) >= 11 is 0. The molecule has 1 atom stereocenters. The number of rotatable bonds is 6. The van der Waals surface area contributed by atoms with Crippen molar-refractivity contribution in [2.45, 2.75) is 25.3 Å². The third-order valence-electron chi connectivity index (χ3n) is 6.70. The number of hydrogen-bond acceptors (Lipinski definition) is 6. The molecule has 1 unspecified atom stereocenters. The van der Waals surface area contributed by atoms with Crippen molar-refractivity contribution in [1.29, 1.82) is 0 Å². The molecule has 9 heteroatoms. The van der Waals surface area contributed by atoms with Crippen molar-refractivity contribution >= 4 is 28.4 Å². The molecular weight excluding hydrogens is 489 g/mol. The molecular formula is C29H26FN3O5. The van der Waals surface area contributed by atoms with E-state index in [9.17, 15) is 9.59 Å². The van der Waals surface area contributed by atoms with Crippen LogP contribution in [-0.4, -0.2) is 31.0 Å². The average molecular weight is 516 g/mol. The molecule has 2 N–H and O–H groups in total. The lowest BCUT2D eigenvalue weighted by Gasteiger charge is -2.35. The van der Waals surface area contributed by atoms with Crippen molar-refractivity contribution in [2.24, 2.45) is 5.73 Å². The zero-order valence-corrected chi connectivity index (χ0v) is 20.9. The Kier molecular flexibility index (Phi) is 6.83. The Morgan fingerprint density at radius 3 is 2.47 bits per heavy atom. The van der Waals surface area contributed by atoms with E-state index in [-0.39, 0.29) is 11.4 Å². The van der Waals surface area contributed by atoms with Gasteiger partial charge < -0.3 is 19.9 Å². The third-order valence-corrected chi connectivity index (χ3v) is 6.70. The van der Waals surface area contributed by atoms with E-state index in [1.807, 2.05) is 24.3 Å². The largest absolute Gasteiger partial charge is 0.493 e. The Hall–Kier alpha value is -4.66. The van der Waals surface area contributed by atoms with Gasteiger partial charge in [0.25, 0.3) is 0 Å². The Morgan fingerprint density at radius 2 is 1.74 bits per heavy atom. The lowest BCUT2D eigenvalue weighted by molar-refractivity contribution is -0.136. The van der Waals surface area contributed by atoms with Gasteiger partial charge in [-0.05, 0) is 54.7 Å². The summed E-state index contributed by atoms with van der Waals surface area (Å²) in [5.41, 5.74) is 8.19. The number of methoxy groups -OCH3 is 2. The maximum atomic E-state index is 15.4. The monoisotopic (exact) mass is 515 g/mol. The van der Waals surface area contributed by atoms with E-state index < -0.39 is 23.7 Å². The second kappa shape index (κ2) is 10.4. The molecule has 1 aromatic heterocycles. The second-order valence-corrected chi connectivity index (χ2v) is 8.90. The third kappa shape index (κ3) is 4.58. The molecule has 0 radical (unpaired) electrons. The summed E-state index contributed by atoms with van der Waals surface area (Å²) < 4.78 is 32.1. The number of anilines is 1. The molecule has 194 valence electrons. The van der Waals surface area contributed by atoms with Crippen molar-refractivity contribution in [3.05, 3.63) is 83.8 Å². The zero-order valence-electron chi connectivity index (χ0n) is 20.9. The van der Waals surface area contributed by atoms with E-state index in [2.05, 4.69) is 4.98 Å². The summed E-state index contributed by atoms with van der Waals surface area (Å²) in [6, 6.07) is 16.5. The number of primary amides is 1. The van der Waals surface area contributed by atoms with Crippen molar-refractivity contribution in [3.8, 4) is 23.0 Å². The lowest BCUT2D eigenvalue weighted by atomic mass is 9.86. The molecule has 0 fully saturated rings. The van der Waals surface area contributed by atoms with Crippen LogP contribution >= 0.6 is 0 Å². The first kappa shape index (κ1) is 25.0. The number of halogens is 1. The van der Waals surface area contributed by atoms with E-state index in [4.69, 9.17) is 19.9 Å². The molecule has 3 aromatic carbocycles. The van der Waals surface area contributed by atoms with Crippen molar-refractivity contribution < 1.29 is 28.2 Å². The van der Waals surface area contributed by atoms with Crippen LogP contribution in [0.15, 0.2) is 66.9 Å². The van der Waals surface area contributed by atoms with Gasteiger partial charge in [-0.25, -0.2) is 4.39 Å². The number of carbonyl (C=O) groups excluding carboxylic acids is 2. The van der Waals surface area contributed by atoms with Crippen LogP contribution in [0.2, 0.25) is 0 Å². The number of ether oxygens (including phenoxy) is 3. The molecule has 2 amide bonds. The van der Waals surface area contributed by atoms with Crippen LogP contribution in [0, 0.1) is 5.82 Å². The number of aryl methyl sites for hydroxylation is 1. The van der Waals surface area contributed by atoms with Crippen molar-refractivity contribution in [3.63, 3.8) is 0 Å². The molecule has 0 saturated carbocycles. The number of amides is 2.